The fourth-order valence-electron chi connectivity index (χ4n) is 3.04. The molecule has 0 spiro atoms. The van der Waals surface area contributed by atoms with Crippen LogP contribution in [0.15, 0.2) is 12.2 Å². The summed E-state index contributed by atoms with van der Waals surface area (Å²) in [4.78, 5) is 14.4. The molecule has 1 aliphatic carbocycles. The van der Waals surface area contributed by atoms with E-state index in [-0.39, 0.29) is 17.9 Å². The van der Waals surface area contributed by atoms with E-state index in [4.69, 9.17) is 5.73 Å². The molecule has 0 bridgehead atoms. The lowest BCUT2D eigenvalue weighted by Gasteiger charge is -2.33. The molecule has 1 saturated heterocycles. The van der Waals surface area contributed by atoms with Crippen LogP contribution in [0.3, 0.4) is 0 Å². The standard InChI is InChI=1S/C15H27N3O/c1-12-5-2-3-9-18(12)10-4-8-17-15(19)13-6-7-14(16)11-13/h6-7,12-14H,2-5,8-11,16H2,1H3,(H,17,19). The monoisotopic (exact) mass is 265 g/mol. The Bertz CT molecular complexity index is 329. The number of carbonyl (C=O) groups is 1. The number of piperidine rings is 1. The van der Waals surface area contributed by atoms with Crippen molar-refractivity contribution in [2.24, 2.45) is 11.7 Å². The highest BCUT2D eigenvalue weighted by molar-refractivity contribution is 5.81. The summed E-state index contributed by atoms with van der Waals surface area (Å²) in [5, 5.41) is 3.03. The van der Waals surface area contributed by atoms with Crippen molar-refractivity contribution in [3.63, 3.8) is 0 Å². The minimum Gasteiger partial charge on any atom is -0.356 e. The number of nitrogens with one attached hydrogen (secondary N) is 1. The van der Waals surface area contributed by atoms with E-state index in [1.165, 1.54) is 25.8 Å². The van der Waals surface area contributed by atoms with Gasteiger partial charge in [-0.2, -0.15) is 0 Å². The van der Waals surface area contributed by atoms with Crippen LogP contribution in [0.1, 0.15) is 39.0 Å². The van der Waals surface area contributed by atoms with Crippen LogP contribution >= 0.6 is 0 Å². The Balaban J connectivity index is 1.59. The molecule has 4 nitrogen and oxygen atoms in total. The molecule has 1 fully saturated rings. The van der Waals surface area contributed by atoms with Gasteiger partial charge < -0.3 is 16.0 Å². The lowest BCUT2D eigenvalue weighted by atomic mass is 10.0. The van der Waals surface area contributed by atoms with E-state index in [0.29, 0.717) is 6.04 Å². The first kappa shape index (κ1) is 14.5. The van der Waals surface area contributed by atoms with Crippen LogP contribution in [0.2, 0.25) is 0 Å². The molecule has 0 saturated carbocycles. The summed E-state index contributed by atoms with van der Waals surface area (Å²) in [6.07, 6.45) is 9.67. The van der Waals surface area contributed by atoms with Crippen molar-refractivity contribution < 1.29 is 4.79 Å². The number of carbonyl (C=O) groups excluding carboxylic acids is 1. The Hall–Kier alpha value is -0.870. The van der Waals surface area contributed by atoms with E-state index in [2.05, 4.69) is 17.1 Å². The summed E-state index contributed by atoms with van der Waals surface area (Å²) in [7, 11) is 0. The maximum atomic E-state index is 11.9. The summed E-state index contributed by atoms with van der Waals surface area (Å²) in [5.41, 5.74) is 5.76. The third kappa shape index (κ3) is 4.32. The zero-order valence-electron chi connectivity index (χ0n) is 12.0. The average Bonchev–Trinajstić information content (AvgIpc) is 2.83. The molecule has 19 heavy (non-hydrogen) atoms. The molecule has 3 N–H and O–H groups in total. The predicted octanol–water partition coefficient (Wildman–Crippen LogP) is 1.27. The fourth-order valence-corrected chi connectivity index (χ4v) is 3.04. The molecule has 1 aliphatic heterocycles. The lowest BCUT2D eigenvalue weighted by molar-refractivity contribution is -0.123. The van der Waals surface area contributed by atoms with E-state index in [1.54, 1.807) is 0 Å². The van der Waals surface area contributed by atoms with E-state index >= 15 is 0 Å². The van der Waals surface area contributed by atoms with Crippen LogP contribution in [0.25, 0.3) is 0 Å². The fraction of sp³-hybridized carbons (Fsp3) is 0.800. The Labute approximate surface area is 116 Å². The second-order valence-corrected chi connectivity index (χ2v) is 5.92. The van der Waals surface area contributed by atoms with Gasteiger partial charge in [-0.1, -0.05) is 18.6 Å². The molecule has 3 unspecified atom stereocenters. The van der Waals surface area contributed by atoms with Gasteiger partial charge in [0.05, 0.1) is 5.92 Å². The molecule has 1 heterocycles. The van der Waals surface area contributed by atoms with Crippen LogP contribution in [0.4, 0.5) is 0 Å². The number of hydrogen-bond donors (Lipinski definition) is 2. The topological polar surface area (TPSA) is 58.4 Å². The number of rotatable bonds is 5. The zero-order chi connectivity index (χ0) is 13.7. The van der Waals surface area contributed by atoms with Crippen molar-refractivity contribution in [3.05, 3.63) is 12.2 Å². The number of likely N-dealkylation sites (tertiary alicyclic amines) is 1. The molecule has 1 amide bonds. The third-order valence-electron chi connectivity index (χ3n) is 4.32. The summed E-state index contributed by atoms with van der Waals surface area (Å²) < 4.78 is 0. The van der Waals surface area contributed by atoms with Gasteiger partial charge in [0.1, 0.15) is 0 Å². The van der Waals surface area contributed by atoms with E-state index in [0.717, 1.165) is 25.9 Å². The highest BCUT2D eigenvalue weighted by Gasteiger charge is 2.22. The van der Waals surface area contributed by atoms with Gasteiger partial charge in [0.15, 0.2) is 0 Å². The minimum atomic E-state index is -0.0103. The van der Waals surface area contributed by atoms with Crippen molar-refractivity contribution in [3.8, 4) is 0 Å². The molecule has 3 atom stereocenters. The maximum Gasteiger partial charge on any atom is 0.226 e. The molecular formula is C15H27N3O. The summed E-state index contributed by atoms with van der Waals surface area (Å²) in [6.45, 7) is 5.40. The van der Waals surface area contributed by atoms with Crippen LogP contribution in [-0.2, 0) is 4.79 Å². The largest absolute Gasteiger partial charge is 0.356 e. The van der Waals surface area contributed by atoms with Crippen LogP contribution in [-0.4, -0.2) is 42.5 Å². The molecule has 2 rings (SSSR count). The van der Waals surface area contributed by atoms with Crippen molar-refractivity contribution in [2.45, 2.75) is 51.1 Å². The highest BCUT2D eigenvalue weighted by Crippen LogP contribution is 2.17. The molecule has 108 valence electrons. The van der Waals surface area contributed by atoms with Crippen molar-refractivity contribution >= 4 is 5.91 Å². The second-order valence-electron chi connectivity index (χ2n) is 5.92. The highest BCUT2D eigenvalue weighted by atomic mass is 16.1. The van der Waals surface area contributed by atoms with Gasteiger partial charge in [0.2, 0.25) is 5.91 Å². The molecule has 4 heteroatoms. The minimum absolute atomic E-state index is 0.0103. The number of amides is 1. The number of hydrogen-bond acceptors (Lipinski definition) is 3. The quantitative estimate of drug-likeness (QED) is 0.581. The molecule has 0 aromatic heterocycles. The van der Waals surface area contributed by atoms with Crippen LogP contribution in [0, 0.1) is 5.92 Å². The molecule has 0 radical (unpaired) electrons. The third-order valence-corrected chi connectivity index (χ3v) is 4.32. The smallest absolute Gasteiger partial charge is 0.226 e. The maximum absolute atomic E-state index is 11.9. The number of nitrogens with zero attached hydrogens (tertiary/aromatic N) is 1. The van der Waals surface area contributed by atoms with Gasteiger partial charge in [-0.05, 0) is 39.2 Å². The van der Waals surface area contributed by atoms with Crippen LogP contribution in [0.5, 0.6) is 0 Å². The van der Waals surface area contributed by atoms with Gasteiger partial charge in [-0.25, -0.2) is 0 Å². The number of nitrogens with two attached hydrogens (primary N) is 1. The SMILES string of the molecule is CC1CCCCN1CCCNC(=O)C1C=CC(N)C1. The predicted molar refractivity (Wildman–Crippen MR) is 77.7 cm³/mol. The van der Waals surface area contributed by atoms with Crippen molar-refractivity contribution in [2.75, 3.05) is 19.6 Å². The van der Waals surface area contributed by atoms with Gasteiger partial charge in [-0.3, -0.25) is 4.79 Å². The summed E-state index contributed by atoms with van der Waals surface area (Å²) in [5.74, 6) is 0.125. The Morgan fingerprint density at radius 2 is 2.26 bits per heavy atom. The first-order valence-electron chi connectivity index (χ1n) is 7.62. The summed E-state index contributed by atoms with van der Waals surface area (Å²) in [6, 6.07) is 0.769. The molecule has 0 aromatic carbocycles. The Morgan fingerprint density at radius 1 is 1.42 bits per heavy atom. The first-order chi connectivity index (χ1) is 9.16. The first-order valence-corrected chi connectivity index (χ1v) is 7.62. The van der Waals surface area contributed by atoms with Gasteiger partial charge in [0.25, 0.3) is 0 Å². The summed E-state index contributed by atoms with van der Waals surface area (Å²) >= 11 is 0. The Morgan fingerprint density at radius 3 is 2.95 bits per heavy atom. The second kappa shape index (κ2) is 7.06. The van der Waals surface area contributed by atoms with E-state index in [9.17, 15) is 4.79 Å². The van der Waals surface area contributed by atoms with Gasteiger partial charge in [-0.15, -0.1) is 0 Å². The van der Waals surface area contributed by atoms with E-state index in [1.807, 2.05) is 12.2 Å². The van der Waals surface area contributed by atoms with E-state index < -0.39 is 0 Å². The van der Waals surface area contributed by atoms with Crippen LogP contribution < -0.4 is 11.1 Å². The average molecular weight is 265 g/mol. The lowest BCUT2D eigenvalue weighted by Crippen LogP contribution is -2.39. The zero-order valence-corrected chi connectivity index (χ0v) is 12.0. The Kier molecular flexibility index (Phi) is 5.40. The van der Waals surface area contributed by atoms with Gasteiger partial charge in [0, 0.05) is 25.2 Å². The normalized spacial score (nSPS) is 31.6. The molecule has 0 aromatic rings. The van der Waals surface area contributed by atoms with Gasteiger partial charge >= 0.3 is 0 Å². The molecular weight excluding hydrogens is 238 g/mol. The van der Waals surface area contributed by atoms with Crippen molar-refractivity contribution in [1.82, 2.24) is 10.2 Å². The molecule has 2 aliphatic rings. The van der Waals surface area contributed by atoms with Crippen molar-refractivity contribution in [1.29, 1.82) is 0 Å².